The second-order valence-corrected chi connectivity index (χ2v) is 2.95. The number of hydrogen-bond acceptors (Lipinski definition) is 3. The molecular formula is C9H11N4+. The lowest BCUT2D eigenvalue weighted by molar-refractivity contribution is -0.354. The lowest BCUT2D eigenvalue weighted by Crippen LogP contribution is -2.69. The zero-order valence-electron chi connectivity index (χ0n) is 7.12. The van der Waals surface area contributed by atoms with Crippen LogP contribution in [-0.2, 0) is 0 Å². The summed E-state index contributed by atoms with van der Waals surface area (Å²) >= 11 is 0. The molecule has 2 rings (SSSR count). The summed E-state index contributed by atoms with van der Waals surface area (Å²) < 4.78 is 0. The summed E-state index contributed by atoms with van der Waals surface area (Å²) in [6.45, 7) is 0. The SMILES string of the molecule is NC1=Nc2ccccc2[NH+]=C(N)C1. The molecule has 0 saturated carbocycles. The van der Waals surface area contributed by atoms with E-state index in [1.54, 1.807) is 0 Å². The molecule has 1 aliphatic rings. The highest BCUT2D eigenvalue weighted by Gasteiger charge is 2.11. The Balaban J connectivity index is 2.60. The monoisotopic (exact) mass is 175 g/mol. The smallest absolute Gasteiger partial charge is 0.253 e. The van der Waals surface area contributed by atoms with Crippen LogP contribution in [0.5, 0.6) is 0 Å². The van der Waals surface area contributed by atoms with Gasteiger partial charge in [-0.15, -0.1) is 0 Å². The van der Waals surface area contributed by atoms with Crippen molar-refractivity contribution in [2.75, 3.05) is 0 Å². The zero-order chi connectivity index (χ0) is 9.26. The number of nitrogens with zero attached hydrogens (tertiary/aromatic N) is 1. The molecule has 0 aliphatic carbocycles. The first-order chi connectivity index (χ1) is 6.25. The van der Waals surface area contributed by atoms with E-state index in [9.17, 15) is 0 Å². The molecule has 0 saturated heterocycles. The Morgan fingerprint density at radius 1 is 1.23 bits per heavy atom. The van der Waals surface area contributed by atoms with Crippen molar-refractivity contribution in [3.8, 4) is 0 Å². The normalized spacial score (nSPS) is 15.4. The first-order valence-corrected chi connectivity index (χ1v) is 4.06. The van der Waals surface area contributed by atoms with Crippen molar-refractivity contribution in [2.24, 2.45) is 16.5 Å². The highest BCUT2D eigenvalue weighted by Crippen LogP contribution is 2.19. The van der Waals surface area contributed by atoms with Crippen LogP contribution < -0.4 is 16.5 Å². The Morgan fingerprint density at radius 2 is 2.00 bits per heavy atom. The van der Waals surface area contributed by atoms with E-state index in [1.807, 2.05) is 24.3 Å². The lowest BCUT2D eigenvalue weighted by atomic mass is 10.3. The van der Waals surface area contributed by atoms with Gasteiger partial charge in [0.15, 0.2) is 5.69 Å². The van der Waals surface area contributed by atoms with Crippen LogP contribution in [0, 0.1) is 0 Å². The second-order valence-electron chi connectivity index (χ2n) is 2.95. The van der Waals surface area contributed by atoms with E-state index in [4.69, 9.17) is 11.5 Å². The molecule has 1 aliphatic heterocycles. The summed E-state index contributed by atoms with van der Waals surface area (Å²) in [6, 6.07) is 7.66. The molecule has 4 nitrogen and oxygen atoms in total. The average molecular weight is 175 g/mol. The maximum atomic E-state index is 5.68. The van der Waals surface area contributed by atoms with E-state index in [2.05, 4.69) is 9.98 Å². The number of para-hydroxylation sites is 2. The molecule has 0 bridgehead atoms. The molecule has 0 fully saturated rings. The number of nitrogens with two attached hydrogens (primary N) is 2. The number of nitrogens with one attached hydrogen (secondary N) is 1. The van der Waals surface area contributed by atoms with Gasteiger partial charge in [-0.1, -0.05) is 12.1 Å². The molecule has 1 heterocycles. The Bertz CT molecular complexity index is 355. The highest BCUT2D eigenvalue weighted by atomic mass is 15.0. The minimum atomic E-state index is 0.495. The fourth-order valence-electron chi connectivity index (χ4n) is 1.28. The van der Waals surface area contributed by atoms with Crippen LogP contribution in [0.25, 0.3) is 0 Å². The van der Waals surface area contributed by atoms with Gasteiger partial charge in [0.25, 0.3) is 5.84 Å². The van der Waals surface area contributed by atoms with Gasteiger partial charge in [-0.2, -0.15) is 0 Å². The van der Waals surface area contributed by atoms with Gasteiger partial charge < -0.3 is 5.73 Å². The number of aliphatic imine (C=N–C) groups is 1. The largest absolute Gasteiger partial charge is 0.387 e. The van der Waals surface area contributed by atoms with Crippen LogP contribution in [0.1, 0.15) is 6.42 Å². The molecule has 13 heavy (non-hydrogen) atoms. The van der Waals surface area contributed by atoms with Gasteiger partial charge in [-0.25, -0.2) is 9.98 Å². The van der Waals surface area contributed by atoms with E-state index in [0.717, 1.165) is 11.4 Å². The van der Waals surface area contributed by atoms with Crippen molar-refractivity contribution >= 4 is 23.0 Å². The van der Waals surface area contributed by atoms with Gasteiger partial charge in [0.05, 0.1) is 0 Å². The van der Waals surface area contributed by atoms with E-state index in [0.29, 0.717) is 18.1 Å². The number of hydrogen-bond donors (Lipinski definition) is 3. The third kappa shape index (κ3) is 1.51. The van der Waals surface area contributed by atoms with Crippen molar-refractivity contribution in [2.45, 2.75) is 6.42 Å². The maximum absolute atomic E-state index is 5.68. The van der Waals surface area contributed by atoms with Crippen LogP contribution >= 0.6 is 0 Å². The van der Waals surface area contributed by atoms with Crippen LogP contribution in [0.3, 0.4) is 0 Å². The van der Waals surface area contributed by atoms with Gasteiger partial charge in [0.1, 0.15) is 17.9 Å². The molecular weight excluding hydrogens is 164 g/mol. The molecule has 0 aromatic heterocycles. The summed E-state index contributed by atoms with van der Waals surface area (Å²) in [6.07, 6.45) is 0.495. The van der Waals surface area contributed by atoms with E-state index in [1.165, 1.54) is 0 Å². The molecule has 1 aromatic carbocycles. The number of amidine groups is 2. The molecule has 5 N–H and O–H groups in total. The van der Waals surface area contributed by atoms with Crippen molar-refractivity contribution in [1.82, 2.24) is 0 Å². The highest BCUT2D eigenvalue weighted by molar-refractivity contribution is 6.01. The van der Waals surface area contributed by atoms with Gasteiger partial charge >= 0.3 is 0 Å². The quantitative estimate of drug-likeness (QED) is 0.480. The van der Waals surface area contributed by atoms with Crippen molar-refractivity contribution in [1.29, 1.82) is 0 Å². The standard InChI is InChI=1S/C9H10N4/c10-8-5-9(11)13-7-4-2-1-3-6(7)12-8/h1-4H,5H2,(H2,10,12)(H2,11,13)/p+1. The van der Waals surface area contributed by atoms with Gasteiger partial charge in [0.2, 0.25) is 0 Å². The fourth-order valence-corrected chi connectivity index (χ4v) is 1.28. The molecule has 66 valence electrons. The summed E-state index contributed by atoms with van der Waals surface area (Å²) in [5, 5.41) is 0. The Kier molecular flexibility index (Phi) is 1.73. The fraction of sp³-hybridized carbons (Fsp3) is 0.111. The first-order valence-electron chi connectivity index (χ1n) is 4.06. The van der Waals surface area contributed by atoms with Crippen LogP contribution in [0.15, 0.2) is 29.3 Å². The van der Waals surface area contributed by atoms with E-state index >= 15 is 0 Å². The Hall–Kier alpha value is -1.84. The number of benzene rings is 1. The van der Waals surface area contributed by atoms with Crippen LogP contribution in [0.2, 0.25) is 0 Å². The first kappa shape index (κ1) is 7.79. The molecule has 0 unspecified atom stereocenters. The molecule has 0 radical (unpaired) electrons. The number of fused-ring (bicyclic) bond motifs is 1. The third-order valence-corrected chi connectivity index (χ3v) is 1.83. The summed E-state index contributed by atoms with van der Waals surface area (Å²) in [5.41, 5.74) is 13.1. The molecule has 0 atom stereocenters. The van der Waals surface area contributed by atoms with Crippen molar-refractivity contribution < 1.29 is 4.99 Å². The maximum Gasteiger partial charge on any atom is 0.253 e. The summed E-state index contributed by atoms with van der Waals surface area (Å²) in [5.74, 6) is 1.17. The van der Waals surface area contributed by atoms with Crippen molar-refractivity contribution in [3.05, 3.63) is 24.3 Å². The number of rotatable bonds is 0. The lowest BCUT2D eigenvalue weighted by Gasteiger charge is -1.94. The van der Waals surface area contributed by atoms with E-state index in [-0.39, 0.29) is 0 Å². The van der Waals surface area contributed by atoms with Crippen molar-refractivity contribution in [3.63, 3.8) is 0 Å². The topological polar surface area (TPSA) is 78.4 Å². The molecule has 1 aromatic rings. The van der Waals surface area contributed by atoms with E-state index < -0.39 is 0 Å². The Labute approximate surface area is 76.0 Å². The predicted octanol–water partition coefficient (Wildman–Crippen LogP) is -0.852. The van der Waals surface area contributed by atoms with Gasteiger partial charge in [-0.05, 0) is 12.1 Å². The van der Waals surface area contributed by atoms with Crippen LogP contribution in [-0.4, -0.2) is 11.7 Å². The molecule has 4 heteroatoms. The minimum Gasteiger partial charge on any atom is -0.387 e. The molecule has 0 spiro atoms. The zero-order valence-corrected chi connectivity index (χ0v) is 7.12. The molecule has 0 amide bonds. The third-order valence-electron chi connectivity index (χ3n) is 1.83. The predicted molar refractivity (Wildman–Crippen MR) is 52.2 cm³/mol. The van der Waals surface area contributed by atoms with Crippen LogP contribution in [0.4, 0.5) is 11.4 Å². The Morgan fingerprint density at radius 3 is 2.85 bits per heavy atom. The minimum absolute atomic E-state index is 0.495. The summed E-state index contributed by atoms with van der Waals surface area (Å²) in [4.78, 5) is 7.27. The average Bonchev–Trinajstić information content (AvgIpc) is 2.20. The van der Waals surface area contributed by atoms with Gasteiger partial charge in [0, 0.05) is 0 Å². The summed E-state index contributed by atoms with van der Waals surface area (Å²) in [7, 11) is 0. The second kappa shape index (κ2) is 2.90. The van der Waals surface area contributed by atoms with Gasteiger partial charge in [-0.3, -0.25) is 5.73 Å².